The van der Waals surface area contributed by atoms with Crippen LogP contribution in [0.3, 0.4) is 0 Å². The summed E-state index contributed by atoms with van der Waals surface area (Å²) in [5.41, 5.74) is -8.37. The van der Waals surface area contributed by atoms with Crippen molar-refractivity contribution in [2.24, 2.45) is 0 Å². The Balaban J connectivity index is 2.34. The third-order valence-electron chi connectivity index (χ3n) is 5.38. The van der Waals surface area contributed by atoms with Crippen molar-refractivity contribution in [3.8, 4) is 17.2 Å². The van der Waals surface area contributed by atoms with Gasteiger partial charge in [0.2, 0.25) is 0 Å². The summed E-state index contributed by atoms with van der Waals surface area (Å²) < 4.78 is 97.7. The summed E-state index contributed by atoms with van der Waals surface area (Å²) >= 11 is 0. The van der Waals surface area contributed by atoms with Gasteiger partial charge in [-0.1, -0.05) is 12.1 Å². The highest BCUT2D eigenvalue weighted by Gasteiger charge is 2.44. The van der Waals surface area contributed by atoms with Crippen molar-refractivity contribution < 1.29 is 45.3 Å². The number of methoxy groups -OCH3 is 2. The monoisotopic (exact) mass is 546 g/mol. The molecule has 8 nitrogen and oxygen atoms in total. The second-order valence-electron chi connectivity index (χ2n) is 7.68. The molecule has 0 aliphatic heterocycles. The molecule has 3 rings (SSSR count). The predicted molar refractivity (Wildman–Crippen MR) is 121 cm³/mol. The normalized spacial score (nSPS) is 11.8. The Labute approximate surface area is 210 Å². The summed E-state index contributed by atoms with van der Waals surface area (Å²) in [6.07, 6.45) is -10.0. The zero-order valence-electron chi connectivity index (χ0n) is 20.1. The number of ether oxygens (including phenoxy) is 3. The van der Waals surface area contributed by atoms with E-state index >= 15 is 0 Å². The molecule has 1 aromatic heterocycles. The van der Waals surface area contributed by atoms with Crippen LogP contribution in [0, 0.1) is 0 Å². The average Bonchev–Trinajstić information content (AvgIpc) is 2.85. The molecule has 204 valence electrons. The Bertz CT molecular complexity index is 1470. The van der Waals surface area contributed by atoms with Crippen LogP contribution in [0.1, 0.15) is 34.0 Å². The van der Waals surface area contributed by atoms with Crippen molar-refractivity contribution in [2.75, 3.05) is 20.8 Å². The Morgan fingerprint density at radius 1 is 0.921 bits per heavy atom. The highest BCUT2D eigenvalue weighted by atomic mass is 19.4. The number of esters is 1. The van der Waals surface area contributed by atoms with E-state index in [9.17, 15) is 40.7 Å². The lowest BCUT2D eigenvalue weighted by Crippen LogP contribution is -2.42. The minimum Gasteiger partial charge on any atom is -0.493 e. The molecule has 0 N–H and O–H groups in total. The molecule has 0 spiro atoms. The molecular formula is C24H20F6N2O6. The average molecular weight is 546 g/mol. The molecular weight excluding hydrogens is 526 g/mol. The van der Waals surface area contributed by atoms with Crippen LogP contribution in [0.25, 0.3) is 5.69 Å². The van der Waals surface area contributed by atoms with Crippen molar-refractivity contribution in [3.63, 3.8) is 0 Å². The first-order valence-electron chi connectivity index (χ1n) is 10.8. The summed E-state index contributed by atoms with van der Waals surface area (Å²) in [6.45, 7) is 0.0234. The number of halogens is 6. The molecule has 0 radical (unpaired) electrons. The first kappa shape index (κ1) is 28.3. The molecule has 0 saturated carbocycles. The van der Waals surface area contributed by atoms with Crippen LogP contribution >= 0.6 is 0 Å². The molecule has 0 aliphatic rings. The maximum atomic E-state index is 13.8. The van der Waals surface area contributed by atoms with E-state index in [0.29, 0.717) is 6.07 Å². The van der Waals surface area contributed by atoms with E-state index in [2.05, 4.69) is 0 Å². The molecule has 0 atom stereocenters. The predicted octanol–water partition coefficient (Wildman–Crippen LogP) is 4.28. The number of carbonyl (C=O) groups excluding carboxylic acids is 1. The molecule has 0 aliphatic carbocycles. The van der Waals surface area contributed by atoms with Crippen molar-refractivity contribution >= 4 is 5.97 Å². The second-order valence-corrected chi connectivity index (χ2v) is 7.68. The van der Waals surface area contributed by atoms with Gasteiger partial charge in [0.25, 0.3) is 5.56 Å². The van der Waals surface area contributed by atoms with Gasteiger partial charge >= 0.3 is 24.0 Å². The van der Waals surface area contributed by atoms with E-state index < -0.39 is 58.4 Å². The molecule has 2 aromatic carbocycles. The molecule has 0 bridgehead atoms. The summed E-state index contributed by atoms with van der Waals surface area (Å²) in [4.78, 5) is 38.9. The molecule has 3 aromatic rings. The van der Waals surface area contributed by atoms with Gasteiger partial charge in [0.15, 0.2) is 11.5 Å². The topological polar surface area (TPSA) is 88.8 Å². The van der Waals surface area contributed by atoms with Crippen molar-refractivity contribution in [3.05, 3.63) is 85.7 Å². The van der Waals surface area contributed by atoms with Crippen LogP contribution < -0.4 is 20.7 Å². The number of nitrogens with zero attached hydrogens (tertiary/aromatic N) is 2. The van der Waals surface area contributed by atoms with Gasteiger partial charge in [0.1, 0.15) is 5.56 Å². The van der Waals surface area contributed by atoms with E-state index in [-0.39, 0.29) is 34.4 Å². The molecule has 0 fully saturated rings. The largest absolute Gasteiger partial charge is 0.493 e. The van der Waals surface area contributed by atoms with Crippen molar-refractivity contribution in [2.45, 2.75) is 25.8 Å². The van der Waals surface area contributed by atoms with Gasteiger partial charge in [0.05, 0.1) is 44.2 Å². The number of hydrogen-bond donors (Lipinski definition) is 0. The third kappa shape index (κ3) is 5.53. The van der Waals surface area contributed by atoms with E-state index in [4.69, 9.17) is 14.2 Å². The summed E-state index contributed by atoms with van der Waals surface area (Å²) in [5.74, 6) is -0.813. The summed E-state index contributed by atoms with van der Waals surface area (Å²) in [5, 5.41) is 0. The van der Waals surface area contributed by atoms with Crippen LogP contribution in [-0.4, -0.2) is 35.9 Å². The van der Waals surface area contributed by atoms with Crippen LogP contribution in [-0.2, 0) is 23.6 Å². The van der Waals surface area contributed by atoms with Gasteiger partial charge < -0.3 is 14.2 Å². The number of rotatable bonds is 7. The third-order valence-corrected chi connectivity index (χ3v) is 5.38. The maximum Gasteiger partial charge on any atom is 0.417 e. The standard InChI is InChI=1S/C24H20F6N2O6/c1-4-38-21(34)15-12-31(14-8-9-17(36-2)18(10-14)37-3)22(35)32(20(15)33)11-13-6-5-7-16(23(25,26)27)19(13)24(28,29)30/h5-10,12H,4,11H2,1-3H3. The number of hydrogen-bond acceptors (Lipinski definition) is 6. The van der Waals surface area contributed by atoms with Gasteiger partial charge in [-0.15, -0.1) is 0 Å². The SMILES string of the molecule is CCOC(=O)c1cn(-c2ccc(OC)c(OC)c2)c(=O)n(Cc2cccc(C(F)(F)F)c2C(F)(F)F)c1=O. The van der Waals surface area contributed by atoms with E-state index in [1.165, 1.54) is 39.3 Å². The number of carbonyl (C=O) groups is 1. The molecule has 1 heterocycles. The van der Waals surface area contributed by atoms with Crippen molar-refractivity contribution in [1.29, 1.82) is 0 Å². The molecule has 38 heavy (non-hydrogen) atoms. The van der Waals surface area contributed by atoms with E-state index in [0.717, 1.165) is 16.8 Å². The fourth-order valence-corrected chi connectivity index (χ4v) is 3.72. The number of alkyl halides is 6. The first-order valence-corrected chi connectivity index (χ1v) is 10.8. The Morgan fingerprint density at radius 2 is 1.58 bits per heavy atom. The van der Waals surface area contributed by atoms with E-state index in [1.54, 1.807) is 0 Å². The van der Waals surface area contributed by atoms with Crippen molar-refractivity contribution in [1.82, 2.24) is 9.13 Å². The highest BCUT2D eigenvalue weighted by Crippen LogP contribution is 2.42. The van der Waals surface area contributed by atoms with Crippen LogP contribution in [0.2, 0.25) is 0 Å². The number of benzene rings is 2. The quantitative estimate of drug-likeness (QED) is 0.325. The highest BCUT2D eigenvalue weighted by molar-refractivity contribution is 5.88. The lowest BCUT2D eigenvalue weighted by Gasteiger charge is -2.20. The molecule has 0 unspecified atom stereocenters. The summed E-state index contributed by atoms with van der Waals surface area (Å²) in [6, 6.07) is 5.68. The Hall–Kier alpha value is -4.23. The minimum atomic E-state index is -5.48. The molecule has 0 amide bonds. The Kier molecular flexibility index (Phi) is 7.93. The lowest BCUT2D eigenvalue weighted by atomic mass is 9.99. The summed E-state index contributed by atoms with van der Waals surface area (Å²) in [7, 11) is 2.64. The number of aromatic nitrogens is 2. The molecule has 0 saturated heterocycles. The fraction of sp³-hybridized carbons (Fsp3) is 0.292. The zero-order valence-corrected chi connectivity index (χ0v) is 20.1. The zero-order chi connectivity index (χ0) is 28.4. The van der Waals surface area contributed by atoms with Gasteiger partial charge in [0, 0.05) is 12.3 Å². The van der Waals surface area contributed by atoms with Gasteiger partial charge in [-0.2, -0.15) is 26.3 Å². The van der Waals surface area contributed by atoms with Gasteiger partial charge in [-0.05, 0) is 30.7 Å². The van der Waals surface area contributed by atoms with Gasteiger partial charge in [-0.25, -0.2) is 9.59 Å². The van der Waals surface area contributed by atoms with Crippen LogP contribution in [0.4, 0.5) is 26.3 Å². The van der Waals surface area contributed by atoms with Crippen LogP contribution in [0.15, 0.2) is 52.2 Å². The first-order chi connectivity index (χ1) is 17.7. The van der Waals surface area contributed by atoms with Gasteiger partial charge in [-0.3, -0.25) is 13.9 Å². The van der Waals surface area contributed by atoms with Crippen LogP contribution in [0.5, 0.6) is 11.5 Å². The molecule has 14 heteroatoms. The smallest absolute Gasteiger partial charge is 0.417 e. The second kappa shape index (κ2) is 10.6. The minimum absolute atomic E-state index is 0.00651. The van der Waals surface area contributed by atoms with E-state index in [1.807, 2.05) is 0 Å². The fourth-order valence-electron chi connectivity index (χ4n) is 3.72. The maximum absolute atomic E-state index is 13.8. The Morgan fingerprint density at radius 3 is 2.13 bits per heavy atom. The lowest BCUT2D eigenvalue weighted by molar-refractivity contribution is -0.162.